The molecule has 6 nitrogen and oxygen atoms in total. The summed E-state index contributed by atoms with van der Waals surface area (Å²) in [5.74, 6) is -0.431. The minimum Gasteiger partial charge on any atom is -0.348 e. The van der Waals surface area contributed by atoms with Gasteiger partial charge >= 0.3 is 0 Å². The predicted octanol–water partition coefficient (Wildman–Crippen LogP) is 3.77. The van der Waals surface area contributed by atoms with E-state index in [4.69, 9.17) is 11.6 Å². The summed E-state index contributed by atoms with van der Waals surface area (Å²) in [5.41, 5.74) is 2.16. The maximum Gasteiger partial charge on any atom is 0.270 e. The molecule has 2 aromatic carbocycles. The van der Waals surface area contributed by atoms with Crippen LogP contribution in [-0.4, -0.2) is 28.8 Å². The first-order chi connectivity index (χ1) is 12.5. The van der Waals surface area contributed by atoms with E-state index in [-0.39, 0.29) is 16.3 Å². The van der Waals surface area contributed by atoms with Gasteiger partial charge in [0.1, 0.15) is 0 Å². The van der Waals surface area contributed by atoms with Gasteiger partial charge in [-0.15, -0.1) is 0 Å². The number of likely N-dealkylation sites (tertiary alicyclic amines) is 1. The highest BCUT2D eigenvalue weighted by Crippen LogP contribution is 2.22. The first-order valence-electron chi connectivity index (χ1n) is 8.55. The summed E-state index contributed by atoms with van der Waals surface area (Å²) in [7, 11) is 0. The molecule has 0 unspecified atom stereocenters. The molecule has 1 aliphatic heterocycles. The molecular formula is C19H20ClN3O3. The molecule has 0 saturated carbocycles. The van der Waals surface area contributed by atoms with Gasteiger partial charge in [0, 0.05) is 25.2 Å². The van der Waals surface area contributed by atoms with Crippen molar-refractivity contribution in [2.75, 3.05) is 13.1 Å². The highest BCUT2D eigenvalue weighted by Gasteiger charge is 2.16. The molecule has 1 fully saturated rings. The number of hydrogen-bond donors (Lipinski definition) is 1. The number of amides is 1. The first-order valence-corrected chi connectivity index (χ1v) is 8.93. The maximum atomic E-state index is 12.3. The van der Waals surface area contributed by atoms with Crippen molar-refractivity contribution in [3.63, 3.8) is 0 Å². The molecule has 2 aromatic rings. The Morgan fingerprint density at radius 1 is 1.12 bits per heavy atom. The standard InChI is InChI=1S/C19H20ClN3O3/c20-18-8-7-16(23(25)26)11-17(18)19(24)21-12-14-3-5-15(6-4-14)13-22-9-1-2-10-22/h3-8,11H,1-2,9-10,12-13H2,(H,21,24). The van der Waals surface area contributed by atoms with E-state index >= 15 is 0 Å². The van der Waals surface area contributed by atoms with Crippen molar-refractivity contribution in [1.82, 2.24) is 10.2 Å². The van der Waals surface area contributed by atoms with Crippen LogP contribution in [0.1, 0.15) is 34.3 Å². The van der Waals surface area contributed by atoms with Gasteiger partial charge in [-0.25, -0.2) is 0 Å². The van der Waals surface area contributed by atoms with Crippen LogP contribution in [-0.2, 0) is 13.1 Å². The van der Waals surface area contributed by atoms with Crippen LogP contribution in [0.4, 0.5) is 5.69 Å². The Kier molecular flexibility index (Phi) is 5.85. The quantitative estimate of drug-likeness (QED) is 0.617. The number of nitro benzene ring substituents is 1. The number of carbonyl (C=O) groups is 1. The molecule has 1 saturated heterocycles. The van der Waals surface area contributed by atoms with Gasteiger partial charge in [-0.2, -0.15) is 0 Å². The minimum absolute atomic E-state index is 0.103. The Morgan fingerprint density at radius 2 is 1.77 bits per heavy atom. The zero-order valence-electron chi connectivity index (χ0n) is 14.3. The first kappa shape index (κ1) is 18.4. The van der Waals surface area contributed by atoms with Crippen LogP contribution in [0.15, 0.2) is 42.5 Å². The normalized spacial score (nSPS) is 14.3. The van der Waals surface area contributed by atoms with Crippen LogP contribution in [0.2, 0.25) is 5.02 Å². The molecule has 3 rings (SSSR count). The van der Waals surface area contributed by atoms with Crippen molar-refractivity contribution in [3.05, 3.63) is 74.3 Å². The Balaban J connectivity index is 1.59. The summed E-state index contributed by atoms with van der Waals surface area (Å²) < 4.78 is 0. The molecule has 1 heterocycles. The van der Waals surface area contributed by atoms with Crippen molar-refractivity contribution in [1.29, 1.82) is 0 Å². The van der Waals surface area contributed by atoms with Crippen LogP contribution in [0.5, 0.6) is 0 Å². The number of non-ortho nitro benzene ring substituents is 1. The third kappa shape index (κ3) is 4.59. The smallest absolute Gasteiger partial charge is 0.270 e. The number of benzene rings is 2. The van der Waals surface area contributed by atoms with Crippen molar-refractivity contribution in [2.24, 2.45) is 0 Å². The molecule has 1 aliphatic rings. The van der Waals surface area contributed by atoms with Gasteiger partial charge in [-0.05, 0) is 43.1 Å². The Labute approximate surface area is 156 Å². The van der Waals surface area contributed by atoms with Crippen LogP contribution < -0.4 is 5.32 Å². The fraction of sp³-hybridized carbons (Fsp3) is 0.316. The molecule has 0 aromatic heterocycles. The zero-order chi connectivity index (χ0) is 18.5. The molecule has 7 heteroatoms. The van der Waals surface area contributed by atoms with Crippen LogP contribution in [0.3, 0.4) is 0 Å². The molecule has 0 radical (unpaired) electrons. The van der Waals surface area contributed by atoms with Crippen molar-refractivity contribution < 1.29 is 9.72 Å². The van der Waals surface area contributed by atoms with E-state index in [2.05, 4.69) is 22.3 Å². The topological polar surface area (TPSA) is 75.5 Å². The highest BCUT2D eigenvalue weighted by molar-refractivity contribution is 6.33. The van der Waals surface area contributed by atoms with Crippen LogP contribution in [0.25, 0.3) is 0 Å². The molecule has 26 heavy (non-hydrogen) atoms. The lowest BCUT2D eigenvalue weighted by atomic mass is 10.1. The van der Waals surface area contributed by atoms with Gasteiger partial charge in [0.05, 0.1) is 15.5 Å². The second-order valence-electron chi connectivity index (χ2n) is 6.40. The Morgan fingerprint density at radius 3 is 2.42 bits per heavy atom. The number of nitrogens with zero attached hydrogens (tertiary/aromatic N) is 2. The third-order valence-corrected chi connectivity index (χ3v) is 4.82. The van der Waals surface area contributed by atoms with Gasteiger partial charge < -0.3 is 5.32 Å². The largest absolute Gasteiger partial charge is 0.348 e. The Hall–Kier alpha value is -2.44. The second-order valence-corrected chi connectivity index (χ2v) is 6.81. The van der Waals surface area contributed by atoms with E-state index in [1.165, 1.54) is 36.6 Å². The predicted molar refractivity (Wildman–Crippen MR) is 100 cm³/mol. The maximum absolute atomic E-state index is 12.3. The summed E-state index contributed by atoms with van der Waals surface area (Å²) in [6.07, 6.45) is 2.54. The average molecular weight is 374 g/mol. The molecule has 0 bridgehead atoms. The minimum atomic E-state index is -0.549. The van der Waals surface area contributed by atoms with Gasteiger partial charge in [0.2, 0.25) is 0 Å². The van der Waals surface area contributed by atoms with E-state index in [1.807, 2.05) is 12.1 Å². The summed E-state index contributed by atoms with van der Waals surface area (Å²) in [6.45, 7) is 3.60. The van der Waals surface area contributed by atoms with Crippen molar-refractivity contribution in [2.45, 2.75) is 25.9 Å². The SMILES string of the molecule is O=C(NCc1ccc(CN2CCCC2)cc1)c1cc([N+](=O)[O-])ccc1Cl. The lowest BCUT2D eigenvalue weighted by Gasteiger charge is -2.14. The average Bonchev–Trinajstić information content (AvgIpc) is 3.14. The van der Waals surface area contributed by atoms with Crippen LogP contribution >= 0.6 is 11.6 Å². The lowest BCUT2D eigenvalue weighted by Crippen LogP contribution is -2.23. The van der Waals surface area contributed by atoms with E-state index in [0.29, 0.717) is 6.54 Å². The fourth-order valence-electron chi connectivity index (χ4n) is 3.04. The molecular weight excluding hydrogens is 354 g/mol. The monoisotopic (exact) mass is 373 g/mol. The second kappa shape index (κ2) is 8.29. The summed E-state index contributed by atoms with van der Waals surface area (Å²) in [5, 5.41) is 13.8. The third-order valence-electron chi connectivity index (χ3n) is 4.49. The number of nitro groups is 1. The van der Waals surface area contributed by atoms with Gasteiger partial charge in [0.25, 0.3) is 11.6 Å². The summed E-state index contributed by atoms with van der Waals surface area (Å²) in [6, 6.07) is 11.9. The van der Waals surface area contributed by atoms with Gasteiger partial charge in [-0.3, -0.25) is 19.8 Å². The fourth-order valence-corrected chi connectivity index (χ4v) is 3.24. The number of hydrogen-bond acceptors (Lipinski definition) is 4. The molecule has 1 amide bonds. The van der Waals surface area contributed by atoms with E-state index in [1.54, 1.807) is 0 Å². The van der Waals surface area contributed by atoms with Crippen molar-refractivity contribution >= 4 is 23.2 Å². The van der Waals surface area contributed by atoms with Gasteiger partial charge in [0.15, 0.2) is 0 Å². The summed E-state index contributed by atoms with van der Waals surface area (Å²) >= 11 is 5.99. The van der Waals surface area contributed by atoms with Crippen molar-refractivity contribution in [3.8, 4) is 0 Å². The van der Waals surface area contributed by atoms with E-state index in [9.17, 15) is 14.9 Å². The molecule has 0 spiro atoms. The number of nitrogens with one attached hydrogen (secondary N) is 1. The lowest BCUT2D eigenvalue weighted by molar-refractivity contribution is -0.384. The zero-order valence-corrected chi connectivity index (χ0v) is 15.0. The van der Waals surface area contributed by atoms with Gasteiger partial charge in [-0.1, -0.05) is 35.9 Å². The molecule has 1 N–H and O–H groups in total. The molecule has 0 aliphatic carbocycles. The van der Waals surface area contributed by atoms with E-state index < -0.39 is 10.8 Å². The highest BCUT2D eigenvalue weighted by atomic mass is 35.5. The number of rotatable bonds is 6. The Bertz CT molecular complexity index is 802. The summed E-state index contributed by atoms with van der Waals surface area (Å²) in [4.78, 5) is 25.0. The number of carbonyl (C=O) groups excluding carboxylic acids is 1. The molecule has 0 atom stereocenters. The number of halogens is 1. The van der Waals surface area contributed by atoms with Crippen LogP contribution in [0, 0.1) is 10.1 Å². The van der Waals surface area contributed by atoms with E-state index in [0.717, 1.165) is 25.2 Å². The molecule has 136 valence electrons.